The van der Waals surface area contributed by atoms with Crippen LogP contribution in [-0.4, -0.2) is 47.6 Å². The number of benzene rings is 2. The van der Waals surface area contributed by atoms with Gasteiger partial charge < -0.3 is 9.84 Å². The first-order valence-corrected chi connectivity index (χ1v) is 11.4. The number of aryl methyl sites for hydroxylation is 1. The Morgan fingerprint density at radius 2 is 1.94 bits per heavy atom. The Balaban J connectivity index is 1.82. The third-order valence-corrected chi connectivity index (χ3v) is 7.30. The number of hydrogen-bond acceptors (Lipinski definition) is 6. The maximum Gasteiger partial charge on any atom is 0.416 e. The average Bonchev–Trinajstić information content (AvgIpc) is 2.77. The maximum atomic E-state index is 13.2. The van der Waals surface area contributed by atoms with Crippen LogP contribution in [0.3, 0.4) is 0 Å². The Bertz CT molecular complexity index is 1120. The van der Waals surface area contributed by atoms with Gasteiger partial charge in [0.05, 0.1) is 16.6 Å². The second-order valence-corrected chi connectivity index (χ2v) is 9.55. The molecule has 3 rings (SSSR count). The molecule has 1 aliphatic rings. The van der Waals surface area contributed by atoms with E-state index in [0.717, 1.165) is 10.4 Å². The number of halogens is 3. The van der Waals surface area contributed by atoms with Crippen molar-refractivity contribution < 1.29 is 41.4 Å². The summed E-state index contributed by atoms with van der Waals surface area (Å²) in [5.74, 6) is -0.762. The molecule has 0 spiro atoms. The number of hydroxylamine groups is 1. The minimum absolute atomic E-state index is 0.0640. The fraction of sp³-hybridized carbons (Fsp3) is 0.381. The first-order chi connectivity index (χ1) is 15.4. The number of nitrogens with one attached hydrogen (secondary N) is 1. The lowest BCUT2D eigenvalue weighted by molar-refractivity contribution is -0.138. The highest BCUT2D eigenvalue weighted by Gasteiger charge is 2.40. The second-order valence-electron chi connectivity index (χ2n) is 7.66. The highest BCUT2D eigenvalue weighted by Crippen LogP contribution is 2.33. The van der Waals surface area contributed by atoms with Crippen LogP contribution in [-0.2, 0) is 27.6 Å². The Hall–Kier alpha value is -2.67. The van der Waals surface area contributed by atoms with Crippen LogP contribution >= 0.6 is 0 Å². The molecule has 0 saturated carbocycles. The first kappa shape index (κ1) is 25.0. The first-order valence-electron chi connectivity index (χ1n) is 9.97. The van der Waals surface area contributed by atoms with Crippen molar-refractivity contribution in [3.63, 3.8) is 0 Å². The summed E-state index contributed by atoms with van der Waals surface area (Å²) in [6.45, 7) is 1.04. The molecule has 2 atom stereocenters. The van der Waals surface area contributed by atoms with Crippen molar-refractivity contribution in [2.24, 2.45) is 0 Å². The predicted octanol–water partition coefficient (Wildman–Crippen LogP) is 2.61. The molecule has 1 amide bonds. The van der Waals surface area contributed by atoms with Gasteiger partial charge in [0, 0.05) is 12.1 Å². The lowest BCUT2D eigenvalue weighted by atomic mass is 10.0. The molecule has 1 heterocycles. The molecule has 12 heteroatoms. The summed E-state index contributed by atoms with van der Waals surface area (Å²) in [5, 5.41) is 18.8. The Morgan fingerprint density at radius 1 is 1.24 bits per heavy atom. The number of carbonyl (C=O) groups is 1. The van der Waals surface area contributed by atoms with Gasteiger partial charge in [-0.3, -0.25) is 10.0 Å². The smallest absolute Gasteiger partial charge is 0.416 e. The summed E-state index contributed by atoms with van der Waals surface area (Å²) in [4.78, 5) is 11.8. The molecule has 2 unspecified atom stereocenters. The summed E-state index contributed by atoms with van der Waals surface area (Å²) in [7, 11) is -4.18. The molecule has 0 radical (unpaired) electrons. The number of aliphatic hydroxyl groups excluding tert-OH is 1. The molecule has 0 bridgehead atoms. The summed E-state index contributed by atoms with van der Waals surface area (Å²) in [6.07, 6.45) is -5.49. The van der Waals surface area contributed by atoms with Crippen molar-refractivity contribution >= 4 is 15.9 Å². The van der Waals surface area contributed by atoms with E-state index in [-0.39, 0.29) is 42.2 Å². The van der Waals surface area contributed by atoms with E-state index in [1.807, 2.05) is 0 Å². The fourth-order valence-corrected chi connectivity index (χ4v) is 5.38. The molecule has 3 N–H and O–H groups in total. The van der Waals surface area contributed by atoms with Crippen molar-refractivity contribution in [2.45, 2.75) is 49.6 Å². The van der Waals surface area contributed by atoms with Gasteiger partial charge in [0.2, 0.25) is 10.0 Å². The van der Waals surface area contributed by atoms with E-state index in [4.69, 9.17) is 9.94 Å². The predicted molar refractivity (Wildman–Crippen MR) is 110 cm³/mol. The number of alkyl halides is 3. The summed E-state index contributed by atoms with van der Waals surface area (Å²) in [6, 6.07) is 7.55. The number of amides is 1. The highest BCUT2D eigenvalue weighted by molar-refractivity contribution is 7.89. The third kappa shape index (κ3) is 5.46. The Kier molecular flexibility index (Phi) is 7.32. The quantitative estimate of drug-likeness (QED) is 0.425. The van der Waals surface area contributed by atoms with Crippen LogP contribution in [0.2, 0.25) is 0 Å². The second kappa shape index (κ2) is 9.67. The van der Waals surface area contributed by atoms with Crippen molar-refractivity contribution in [3.05, 3.63) is 59.2 Å². The molecule has 8 nitrogen and oxygen atoms in total. The highest BCUT2D eigenvalue weighted by atomic mass is 32.2. The monoisotopic (exact) mass is 488 g/mol. The molecule has 1 fully saturated rings. The number of piperidine rings is 1. The number of nitrogens with zero attached hydrogens (tertiary/aromatic N) is 1. The summed E-state index contributed by atoms with van der Waals surface area (Å²) < 4.78 is 72.2. The Labute approximate surface area is 188 Å². The lowest BCUT2D eigenvalue weighted by Gasteiger charge is -2.35. The zero-order chi connectivity index (χ0) is 24.4. The molecular formula is C21H23F3N2O6S. The third-order valence-electron chi connectivity index (χ3n) is 5.40. The van der Waals surface area contributed by atoms with Crippen LogP contribution in [0, 0.1) is 6.92 Å². The van der Waals surface area contributed by atoms with Crippen molar-refractivity contribution in [3.8, 4) is 5.75 Å². The van der Waals surface area contributed by atoms with Crippen LogP contribution < -0.4 is 10.2 Å². The molecule has 180 valence electrons. The SMILES string of the molecule is Cc1cc(S(=O)(=O)N2CCC(O)CC2C(=O)NO)ccc1OCc1ccccc1C(F)(F)F. The van der Waals surface area contributed by atoms with Gasteiger partial charge in [0.15, 0.2) is 0 Å². The fourth-order valence-electron chi connectivity index (χ4n) is 3.68. The van der Waals surface area contributed by atoms with E-state index < -0.39 is 39.8 Å². The number of aliphatic hydroxyl groups is 1. The van der Waals surface area contributed by atoms with Crippen molar-refractivity contribution in [2.75, 3.05) is 6.54 Å². The number of hydrogen-bond donors (Lipinski definition) is 3. The van der Waals surface area contributed by atoms with Gasteiger partial charge in [0.1, 0.15) is 18.4 Å². The van der Waals surface area contributed by atoms with Gasteiger partial charge in [-0.2, -0.15) is 17.5 Å². The number of rotatable bonds is 6. The lowest BCUT2D eigenvalue weighted by Crippen LogP contribution is -2.54. The van der Waals surface area contributed by atoms with Crippen LogP contribution in [0.15, 0.2) is 47.4 Å². The summed E-state index contributed by atoms with van der Waals surface area (Å²) >= 11 is 0. The van der Waals surface area contributed by atoms with E-state index in [9.17, 15) is 31.5 Å². The van der Waals surface area contributed by atoms with Crippen LogP contribution in [0.5, 0.6) is 5.75 Å². The van der Waals surface area contributed by atoms with E-state index in [1.165, 1.54) is 41.9 Å². The minimum atomic E-state index is -4.54. The van der Waals surface area contributed by atoms with Crippen molar-refractivity contribution in [1.29, 1.82) is 0 Å². The summed E-state index contributed by atoms with van der Waals surface area (Å²) in [5.41, 5.74) is 0.901. The number of sulfonamides is 1. The van der Waals surface area contributed by atoms with Crippen LogP contribution in [0.25, 0.3) is 0 Å². The normalized spacial score (nSPS) is 19.8. The van der Waals surface area contributed by atoms with Gasteiger partial charge in [-0.15, -0.1) is 0 Å². The van der Waals surface area contributed by atoms with Gasteiger partial charge in [0.25, 0.3) is 5.91 Å². The van der Waals surface area contributed by atoms with Gasteiger partial charge >= 0.3 is 6.18 Å². The number of carbonyl (C=O) groups excluding carboxylic acids is 1. The molecule has 2 aromatic rings. The van der Waals surface area contributed by atoms with E-state index in [1.54, 1.807) is 6.92 Å². The average molecular weight is 488 g/mol. The topological polar surface area (TPSA) is 116 Å². The molecule has 0 aliphatic carbocycles. The molecule has 1 saturated heterocycles. The standard InChI is InChI=1S/C21H23F3N2O6S/c1-13-10-16(33(30,31)26-9-8-15(27)11-18(26)20(28)25-29)6-7-19(13)32-12-14-4-2-3-5-17(14)21(22,23)24/h2-7,10,15,18,27,29H,8-9,11-12H2,1H3,(H,25,28). The Morgan fingerprint density at radius 3 is 2.58 bits per heavy atom. The molecule has 33 heavy (non-hydrogen) atoms. The van der Waals surface area contributed by atoms with Crippen molar-refractivity contribution in [1.82, 2.24) is 9.79 Å². The van der Waals surface area contributed by atoms with E-state index >= 15 is 0 Å². The minimum Gasteiger partial charge on any atom is -0.489 e. The van der Waals surface area contributed by atoms with Crippen LogP contribution in [0.1, 0.15) is 29.5 Å². The van der Waals surface area contributed by atoms with E-state index in [2.05, 4.69) is 0 Å². The maximum absolute atomic E-state index is 13.2. The zero-order valence-electron chi connectivity index (χ0n) is 17.5. The van der Waals surface area contributed by atoms with Gasteiger partial charge in [-0.1, -0.05) is 18.2 Å². The van der Waals surface area contributed by atoms with E-state index in [0.29, 0.717) is 5.56 Å². The van der Waals surface area contributed by atoms with Crippen LogP contribution in [0.4, 0.5) is 13.2 Å². The van der Waals surface area contributed by atoms with Gasteiger partial charge in [-0.05, 0) is 49.6 Å². The molecule has 2 aromatic carbocycles. The largest absolute Gasteiger partial charge is 0.489 e. The zero-order valence-corrected chi connectivity index (χ0v) is 18.4. The number of ether oxygens (including phenoxy) is 1. The molecule has 1 aliphatic heterocycles. The van der Waals surface area contributed by atoms with Gasteiger partial charge in [-0.25, -0.2) is 13.9 Å². The molecular weight excluding hydrogens is 465 g/mol. The molecule has 0 aromatic heterocycles.